The van der Waals surface area contributed by atoms with Crippen molar-refractivity contribution >= 4 is 0 Å². The van der Waals surface area contributed by atoms with E-state index in [2.05, 4.69) is 13.8 Å². The molecule has 0 aromatic rings. The lowest BCUT2D eigenvalue weighted by Gasteiger charge is -2.25. The Morgan fingerprint density at radius 2 is 2.07 bits per heavy atom. The van der Waals surface area contributed by atoms with Gasteiger partial charge in [0.2, 0.25) is 0 Å². The number of alkyl halides is 2. The van der Waals surface area contributed by atoms with Crippen molar-refractivity contribution in [3.05, 3.63) is 0 Å². The predicted octanol–water partition coefficient (Wildman–Crippen LogP) is 1.56. The molecule has 2 nitrogen and oxygen atoms in total. The van der Waals surface area contributed by atoms with Crippen molar-refractivity contribution in [3.8, 4) is 0 Å². The van der Waals surface area contributed by atoms with E-state index in [-0.39, 0.29) is 12.0 Å². The molecule has 0 aliphatic heterocycles. The van der Waals surface area contributed by atoms with E-state index in [0.29, 0.717) is 5.92 Å². The van der Waals surface area contributed by atoms with Gasteiger partial charge in [0.15, 0.2) is 0 Å². The van der Waals surface area contributed by atoms with Crippen LogP contribution in [0.4, 0.5) is 8.78 Å². The van der Waals surface area contributed by atoms with Gasteiger partial charge in [-0.2, -0.15) is 0 Å². The molecule has 1 aliphatic rings. The molecule has 0 radical (unpaired) electrons. The first-order valence-corrected chi connectivity index (χ1v) is 5.05. The van der Waals surface area contributed by atoms with Crippen LogP contribution < -0.4 is 5.73 Å². The molecule has 4 heteroatoms. The smallest absolute Gasteiger partial charge is 0.272 e. The minimum Gasteiger partial charge on any atom is -0.325 e. The topological polar surface area (TPSA) is 29.3 Å². The summed E-state index contributed by atoms with van der Waals surface area (Å²) in [5.41, 5.74) is 5.23. The number of rotatable bonds is 5. The van der Waals surface area contributed by atoms with Gasteiger partial charge >= 0.3 is 0 Å². The van der Waals surface area contributed by atoms with Crippen LogP contribution in [-0.2, 0) is 0 Å². The quantitative estimate of drug-likeness (QED) is 0.739. The highest BCUT2D eigenvalue weighted by molar-refractivity contribution is 4.98. The zero-order valence-electron chi connectivity index (χ0n) is 9.19. The Morgan fingerprint density at radius 1 is 1.57 bits per heavy atom. The third-order valence-electron chi connectivity index (χ3n) is 3.23. The van der Waals surface area contributed by atoms with Crippen LogP contribution in [0, 0.1) is 11.3 Å². The molecule has 0 aromatic heterocycles. The molecule has 2 N–H and O–H groups in total. The number of hydrogen-bond donors (Lipinski definition) is 1. The van der Waals surface area contributed by atoms with Gasteiger partial charge in [-0.1, -0.05) is 13.8 Å². The summed E-state index contributed by atoms with van der Waals surface area (Å²) in [7, 11) is 1.74. The summed E-state index contributed by atoms with van der Waals surface area (Å²) in [6, 6.07) is 0. The summed E-state index contributed by atoms with van der Waals surface area (Å²) in [5.74, 6) is -2.08. The monoisotopic (exact) mass is 206 g/mol. The van der Waals surface area contributed by atoms with E-state index < -0.39 is 12.5 Å². The van der Waals surface area contributed by atoms with E-state index in [0.717, 1.165) is 13.0 Å². The molecule has 14 heavy (non-hydrogen) atoms. The summed E-state index contributed by atoms with van der Waals surface area (Å²) in [5, 5.41) is 0. The second-order valence-corrected chi connectivity index (χ2v) is 4.99. The van der Waals surface area contributed by atoms with E-state index in [1.54, 1.807) is 11.9 Å². The van der Waals surface area contributed by atoms with Crippen molar-refractivity contribution in [2.75, 3.05) is 26.7 Å². The maximum atomic E-state index is 12.9. The third kappa shape index (κ3) is 2.89. The lowest BCUT2D eigenvalue weighted by molar-refractivity contribution is -0.0210. The number of nitrogens with zero attached hydrogens (tertiary/aromatic N) is 1. The molecular weight excluding hydrogens is 186 g/mol. The summed E-state index contributed by atoms with van der Waals surface area (Å²) >= 11 is 0. The fourth-order valence-electron chi connectivity index (χ4n) is 1.99. The predicted molar refractivity (Wildman–Crippen MR) is 53.4 cm³/mol. The number of halogens is 2. The van der Waals surface area contributed by atoms with E-state index in [4.69, 9.17) is 5.73 Å². The van der Waals surface area contributed by atoms with Crippen LogP contribution in [0.15, 0.2) is 0 Å². The number of hydrogen-bond acceptors (Lipinski definition) is 2. The van der Waals surface area contributed by atoms with Crippen molar-refractivity contribution in [2.45, 2.75) is 26.2 Å². The molecule has 0 saturated heterocycles. The molecule has 0 bridgehead atoms. The van der Waals surface area contributed by atoms with Gasteiger partial charge in [-0.3, -0.25) is 4.90 Å². The zero-order chi connectivity index (χ0) is 11.0. The Hall–Kier alpha value is -0.220. The van der Waals surface area contributed by atoms with E-state index in [1.807, 2.05) is 0 Å². The van der Waals surface area contributed by atoms with Crippen LogP contribution in [0.3, 0.4) is 0 Å². The maximum absolute atomic E-state index is 12.9. The van der Waals surface area contributed by atoms with Crippen molar-refractivity contribution < 1.29 is 8.78 Å². The molecule has 1 saturated carbocycles. The van der Waals surface area contributed by atoms with Gasteiger partial charge in [0, 0.05) is 6.54 Å². The molecule has 2 unspecified atom stereocenters. The summed E-state index contributed by atoms with van der Waals surface area (Å²) in [4.78, 5) is 1.69. The fourth-order valence-corrected chi connectivity index (χ4v) is 1.99. The van der Waals surface area contributed by atoms with Crippen LogP contribution in [0.2, 0.25) is 0 Å². The van der Waals surface area contributed by atoms with Crippen molar-refractivity contribution in [1.29, 1.82) is 0 Å². The van der Waals surface area contributed by atoms with Crippen molar-refractivity contribution in [3.63, 3.8) is 0 Å². The highest BCUT2D eigenvalue weighted by atomic mass is 19.3. The molecular formula is C10H20F2N2. The molecule has 0 amide bonds. The molecule has 1 aliphatic carbocycles. The van der Waals surface area contributed by atoms with E-state index >= 15 is 0 Å². The normalized spacial score (nSPS) is 32.4. The molecule has 0 spiro atoms. The summed E-state index contributed by atoms with van der Waals surface area (Å²) < 4.78 is 25.9. The Kier molecular flexibility index (Phi) is 3.17. The maximum Gasteiger partial charge on any atom is 0.272 e. The number of nitrogens with two attached hydrogens (primary N) is 1. The average Bonchev–Trinajstić information content (AvgIpc) is 2.57. The standard InChI is InChI=1S/C10H20F2N2/c1-8-4-9(8,2)6-14(3)7-10(11,12)5-13/h8H,4-7,13H2,1-3H3. The van der Waals surface area contributed by atoms with E-state index in [9.17, 15) is 8.78 Å². The second kappa shape index (κ2) is 3.74. The van der Waals surface area contributed by atoms with Crippen LogP contribution in [0.25, 0.3) is 0 Å². The minimum absolute atomic E-state index is 0.230. The fraction of sp³-hybridized carbons (Fsp3) is 1.00. The Bertz CT molecular complexity index is 197. The first kappa shape index (κ1) is 11.9. The summed E-state index contributed by atoms with van der Waals surface area (Å²) in [6.07, 6.45) is 1.14. The molecule has 1 rings (SSSR count). The second-order valence-electron chi connectivity index (χ2n) is 4.99. The van der Waals surface area contributed by atoms with Crippen LogP contribution >= 0.6 is 0 Å². The lowest BCUT2D eigenvalue weighted by atomic mass is 10.1. The van der Waals surface area contributed by atoms with Gasteiger partial charge in [-0.15, -0.1) is 0 Å². The first-order chi connectivity index (χ1) is 6.29. The van der Waals surface area contributed by atoms with Gasteiger partial charge < -0.3 is 5.73 Å². The van der Waals surface area contributed by atoms with E-state index in [1.165, 1.54) is 0 Å². The highest BCUT2D eigenvalue weighted by Gasteiger charge is 2.47. The van der Waals surface area contributed by atoms with Gasteiger partial charge in [0.05, 0.1) is 13.1 Å². The van der Waals surface area contributed by atoms with Crippen LogP contribution in [0.5, 0.6) is 0 Å². The zero-order valence-corrected chi connectivity index (χ0v) is 9.19. The molecule has 0 aromatic carbocycles. The Labute approximate surface area is 84.4 Å². The third-order valence-corrected chi connectivity index (χ3v) is 3.23. The molecule has 84 valence electrons. The van der Waals surface area contributed by atoms with Crippen LogP contribution in [-0.4, -0.2) is 37.5 Å². The van der Waals surface area contributed by atoms with Gasteiger partial charge in [-0.25, -0.2) is 8.78 Å². The molecule has 0 heterocycles. The Morgan fingerprint density at radius 3 is 2.43 bits per heavy atom. The largest absolute Gasteiger partial charge is 0.325 e. The summed E-state index contributed by atoms with van der Waals surface area (Å²) in [6.45, 7) is 4.25. The van der Waals surface area contributed by atoms with Crippen molar-refractivity contribution in [2.24, 2.45) is 17.1 Å². The van der Waals surface area contributed by atoms with Crippen LogP contribution in [0.1, 0.15) is 20.3 Å². The lowest BCUT2D eigenvalue weighted by Crippen LogP contribution is -2.42. The Balaban J connectivity index is 2.33. The minimum atomic E-state index is -2.75. The van der Waals surface area contributed by atoms with Gasteiger partial charge in [0.25, 0.3) is 5.92 Å². The highest BCUT2D eigenvalue weighted by Crippen LogP contribution is 2.52. The molecule has 1 fully saturated rings. The first-order valence-electron chi connectivity index (χ1n) is 5.05. The molecule has 2 atom stereocenters. The van der Waals surface area contributed by atoms with Crippen molar-refractivity contribution in [1.82, 2.24) is 4.90 Å². The van der Waals surface area contributed by atoms with Gasteiger partial charge in [0.1, 0.15) is 0 Å². The SMILES string of the molecule is CC1CC1(C)CN(C)CC(F)(F)CN. The average molecular weight is 206 g/mol. The van der Waals surface area contributed by atoms with Gasteiger partial charge in [-0.05, 0) is 24.8 Å².